The molecule has 2 rings (SSSR count). The Morgan fingerprint density at radius 2 is 2.05 bits per heavy atom. The predicted octanol–water partition coefficient (Wildman–Crippen LogP) is 0.0838. The highest BCUT2D eigenvalue weighted by molar-refractivity contribution is 5.90. The molecule has 0 saturated carbocycles. The lowest BCUT2D eigenvalue weighted by Gasteiger charge is -2.35. The number of carbonyl (C=O) groups excluding carboxylic acids is 2. The molecule has 1 heterocycles. The first-order chi connectivity index (χ1) is 10.1. The van der Waals surface area contributed by atoms with Crippen molar-refractivity contribution < 1.29 is 19.1 Å². The van der Waals surface area contributed by atoms with Gasteiger partial charge in [0.15, 0.2) is 11.5 Å². The summed E-state index contributed by atoms with van der Waals surface area (Å²) in [7, 11) is 3.06. The third kappa shape index (κ3) is 3.42. The highest BCUT2D eigenvalue weighted by atomic mass is 35.5. The minimum Gasteiger partial charge on any atom is -0.493 e. The lowest BCUT2D eigenvalue weighted by Crippen LogP contribution is -2.53. The van der Waals surface area contributed by atoms with Gasteiger partial charge in [-0.3, -0.25) is 9.59 Å². The van der Waals surface area contributed by atoms with Crippen LogP contribution in [-0.2, 0) is 9.59 Å². The maximum absolute atomic E-state index is 12.2. The number of piperazine rings is 1. The summed E-state index contributed by atoms with van der Waals surface area (Å²) in [5.41, 5.74) is 6.08. The van der Waals surface area contributed by atoms with Gasteiger partial charge in [-0.25, -0.2) is 0 Å². The lowest BCUT2D eigenvalue weighted by atomic mass is 10.0. The molecule has 1 unspecified atom stereocenters. The minimum absolute atomic E-state index is 0. The molecular weight excluding hydrogens is 310 g/mol. The summed E-state index contributed by atoms with van der Waals surface area (Å²) in [5.74, 6) is 0.586. The van der Waals surface area contributed by atoms with Gasteiger partial charge in [-0.2, -0.15) is 0 Å². The molecular formula is C14H20ClN3O4. The van der Waals surface area contributed by atoms with Crippen LogP contribution in [0.2, 0.25) is 0 Å². The molecule has 7 nitrogen and oxygen atoms in total. The maximum atomic E-state index is 12.2. The zero-order valence-electron chi connectivity index (χ0n) is 12.5. The van der Waals surface area contributed by atoms with Crippen LogP contribution in [0.3, 0.4) is 0 Å². The summed E-state index contributed by atoms with van der Waals surface area (Å²) in [4.78, 5) is 25.6. The minimum atomic E-state index is -0.699. The normalized spacial score (nSPS) is 17.3. The Bertz CT molecular complexity index is 553. The average molecular weight is 330 g/mol. The van der Waals surface area contributed by atoms with Crippen LogP contribution in [0.1, 0.15) is 11.6 Å². The van der Waals surface area contributed by atoms with E-state index in [0.29, 0.717) is 30.2 Å². The molecule has 1 aliphatic heterocycles. The number of ether oxygens (including phenoxy) is 2. The Labute approximate surface area is 135 Å². The van der Waals surface area contributed by atoms with Crippen LogP contribution in [0.4, 0.5) is 0 Å². The van der Waals surface area contributed by atoms with Gasteiger partial charge in [0.1, 0.15) is 6.04 Å². The van der Waals surface area contributed by atoms with Crippen molar-refractivity contribution in [2.45, 2.75) is 6.04 Å². The maximum Gasteiger partial charge on any atom is 0.247 e. The Morgan fingerprint density at radius 1 is 1.36 bits per heavy atom. The van der Waals surface area contributed by atoms with Crippen molar-refractivity contribution in [3.8, 4) is 11.5 Å². The third-order valence-corrected chi connectivity index (χ3v) is 3.43. The molecule has 3 N–H and O–H groups in total. The number of amides is 2. The highest BCUT2D eigenvalue weighted by Crippen LogP contribution is 2.32. The fourth-order valence-electron chi connectivity index (χ4n) is 2.41. The fraction of sp³-hybridized carbons (Fsp3) is 0.429. The second-order valence-electron chi connectivity index (χ2n) is 4.60. The van der Waals surface area contributed by atoms with Gasteiger partial charge in [-0.05, 0) is 17.7 Å². The van der Waals surface area contributed by atoms with Crippen molar-refractivity contribution >= 4 is 24.2 Å². The first kappa shape index (κ1) is 18.1. The topological polar surface area (TPSA) is 93.9 Å². The predicted molar refractivity (Wildman–Crippen MR) is 83.3 cm³/mol. The van der Waals surface area contributed by atoms with E-state index < -0.39 is 6.04 Å². The number of nitrogens with two attached hydrogens (primary N) is 1. The molecule has 1 fully saturated rings. The number of carbonyl (C=O) groups is 2. The molecule has 1 aliphatic rings. The summed E-state index contributed by atoms with van der Waals surface area (Å²) in [6.07, 6.45) is 0. The SMILES string of the molecule is COc1ccc(C2C(=O)NCCN2C(=O)CN)cc1OC.Cl. The molecule has 1 atom stereocenters. The molecule has 2 amide bonds. The molecule has 0 radical (unpaired) electrons. The molecule has 122 valence electrons. The van der Waals surface area contributed by atoms with Crippen LogP contribution >= 0.6 is 12.4 Å². The van der Waals surface area contributed by atoms with E-state index in [1.807, 2.05) is 0 Å². The Hall–Kier alpha value is -1.99. The molecule has 8 heteroatoms. The number of nitrogens with one attached hydrogen (secondary N) is 1. The van der Waals surface area contributed by atoms with Gasteiger partial charge in [0.05, 0.1) is 20.8 Å². The lowest BCUT2D eigenvalue weighted by molar-refractivity contribution is -0.142. The van der Waals surface area contributed by atoms with Gasteiger partial charge in [-0.15, -0.1) is 12.4 Å². The Morgan fingerprint density at radius 3 is 2.64 bits per heavy atom. The van der Waals surface area contributed by atoms with Gasteiger partial charge >= 0.3 is 0 Å². The molecule has 0 aromatic heterocycles. The van der Waals surface area contributed by atoms with E-state index in [1.54, 1.807) is 18.2 Å². The number of hydrogen-bond acceptors (Lipinski definition) is 5. The number of benzene rings is 1. The van der Waals surface area contributed by atoms with Crippen molar-refractivity contribution in [2.75, 3.05) is 33.9 Å². The van der Waals surface area contributed by atoms with E-state index >= 15 is 0 Å². The monoisotopic (exact) mass is 329 g/mol. The molecule has 1 aromatic carbocycles. The fourth-order valence-corrected chi connectivity index (χ4v) is 2.41. The Balaban J connectivity index is 0.00000242. The third-order valence-electron chi connectivity index (χ3n) is 3.43. The summed E-state index contributed by atoms with van der Waals surface area (Å²) < 4.78 is 10.4. The highest BCUT2D eigenvalue weighted by Gasteiger charge is 2.34. The zero-order valence-corrected chi connectivity index (χ0v) is 13.3. The number of halogens is 1. The van der Waals surface area contributed by atoms with Gasteiger partial charge in [-0.1, -0.05) is 6.07 Å². The molecule has 0 spiro atoms. The summed E-state index contributed by atoms with van der Waals surface area (Å²) in [6, 6.07) is 4.45. The summed E-state index contributed by atoms with van der Waals surface area (Å²) in [5, 5.41) is 2.76. The van der Waals surface area contributed by atoms with Crippen LogP contribution < -0.4 is 20.5 Å². The smallest absolute Gasteiger partial charge is 0.247 e. The van der Waals surface area contributed by atoms with Crippen molar-refractivity contribution in [3.05, 3.63) is 23.8 Å². The van der Waals surface area contributed by atoms with Gasteiger partial charge in [0.2, 0.25) is 11.8 Å². The van der Waals surface area contributed by atoms with E-state index in [0.717, 1.165) is 0 Å². The largest absolute Gasteiger partial charge is 0.493 e. The average Bonchev–Trinajstić information content (AvgIpc) is 2.53. The van der Waals surface area contributed by atoms with Crippen molar-refractivity contribution in [1.29, 1.82) is 0 Å². The first-order valence-electron chi connectivity index (χ1n) is 6.61. The van der Waals surface area contributed by atoms with Crippen LogP contribution in [0, 0.1) is 0 Å². The van der Waals surface area contributed by atoms with Crippen LogP contribution in [0.15, 0.2) is 18.2 Å². The second-order valence-corrected chi connectivity index (χ2v) is 4.60. The van der Waals surface area contributed by atoms with Gasteiger partial charge in [0, 0.05) is 13.1 Å². The van der Waals surface area contributed by atoms with E-state index in [-0.39, 0.29) is 30.8 Å². The molecule has 0 bridgehead atoms. The van der Waals surface area contributed by atoms with Gasteiger partial charge < -0.3 is 25.4 Å². The van der Waals surface area contributed by atoms with E-state index in [4.69, 9.17) is 15.2 Å². The molecule has 22 heavy (non-hydrogen) atoms. The number of nitrogens with zero attached hydrogens (tertiary/aromatic N) is 1. The molecule has 0 aliphatic carbocycles. The van der Waals surface area contributed by atoms with E-state index in [9.17, 15) is 9.59 Å². The number of methoxy groups -OCH3 is 2. The standard InChI is InChI=1S/C14H19N3O4.ClH/c1-20-10-4-3-9(7-11(10)21-2)13-14(19)16-5-6-17(13)12(18)8-15;/h3-4,7,13H,5-6,8,15H2,1-2H3,(H,16,19);1H. The second kappa shape index (κ2) is 7.86. The van der Waals surface area contributed by atoms with E-state index in [2.05, 4.69) is 5.32 Å². The number of rotatable bonds is 4. The molecule has 1 saturated heterocycles. The molecule has 1 aromatic rings. The quantitative estimate of drug-likeness (QED) is 0.816. The summed E-state index contributed by atoms with van der Waals surface area (Å²) >= 11 is 0. The summed E-state index contributed by atoms with van der Waals surface area (Å²) in [6.45, 7) is 0.728. The van der Waals surface area contributed by atoms with Crippen molar-refractivity contribution in [3.63, 3.8) is 0 Å². The zero-order chi connectivity index (χ0) is 15.4. The van der Waals surface area contributed by atoms with Crippen LogP contribution in [0.5, 0.6) is 11.5 Å². The van der Waals surface area contributed by atoms with Gasteiger partial charge in [0.25, 0.3) is 0 Å². The van der Waals surface area contributed by atoms with E-state index in [1.165, 1.54) is 19.1 Å². The van der Waals surface area contributed by atoms with Crippen LogP contribution in [0.25, 0.3) is 0 Å². The van der Waals surface area contributed by atoms with Crippen molar-refractivity contribution in [1.82, 2.24) is 10.2 Å². The first-order valence-corrected chi connectivity index (χ1v) is 6.61. The Kier molecular flexibility index (Phi) is 6.45. The van der Waals surface area contributed by atoms with Crippen molar-refractivity contribution in [2.24, 2.45) is 5.73 Å². The van der Waals surface area contributed by atoms with Crippen LogP contribution in [-0.4, -0.2) is 50.6 Å². The number of hydrogen-bond donors (Lipinski definition) is 2.